The summed E-state index contributed by atoms with van der Waals surface area (Å²) in [6.45, 7) is 3.63. The van der Waals surface area contributed by atoms with Crippen molar-refractivity contribution in [2.75, 3.05) is 0 Å². The minimum Gasteiger partial charge on any atom is -0.0985 e. The highest BCUT2D eigenvalue weighted by Gasteiger charge is 2.14. The van der Waals surface area contributed by atoms with E-state index in [-0.39, 0.29) is 0 Å². The summed E-state index contributed by atoms with van der Waals surface area (Å²) in [6, 6.07) is 27.2. The van der Waals surface area contributed by atoms with Crippen LogP contribution in [0.5, 0.6) is 0 Å². The molecule has 3 aromatic rings. The van der Waals surface area contributed by atoms with E-state index in [1.807, 2.05) is 59.9 Å². The standard InChI is InChI=1S/C12H8S2.C8H8/c1-2-6-10-9(5-1)13-11-7-3-4-8-12(11)14-10;1-2-8-6-4-3-5-7-8/h1-8H;2-7H,1H2. The van der Waals surface area contributed by atoms with Crippen molar-refractivity contribution in [1.82, 2.24) is 0 Å². The Bertz CT molecular complexity index is 676. The van der Waals surface area contributed by atoms with Crippen LogP contribution in [-0.4, -0.2) is 0 Å². The molecule has 0 fully saturated rings. The zero-order valence-corrected chi connectivity index (χ0v) is 13.7. The molecule has 0 spiro atoms. The fraction of sp³-hybridized carbons (Fsp3) is 0. The van der Waals surface area contributed by atoms with Gasteiger partial charge < -0.3 is 0 Å². The van der Waals surface area contributed by atoms with Crippen LogP contribution in [0.25, 0.3) is 6.08 Å². The molecular formula is C20H16S2. The van der Waals surface area contributed by atoms with Gasteiger partial charge in [0.15, 0.2) is 0 Å². The maximum atomic E-state index is 3.63. The van der Waals surface area contributed by atoms with Gasteiger partial charge in [0.2, 0.25) is 0 Å². The monoisotopic (exact) mass is 320 g/mol. The van der Waals surface area contributed by atoms with Crippen molar-refractivity contribution in [1.29, 1.82) is 0 Å². The van der Waals surface area contributed by atoms with Crippen molar-refractivity contribution in [3.05, 3.63) is 91.0 Å². The van der Waals surface area contributed by atoms with E-state index in [1.165, 1.54) is 25.1 Å². The second-order valence-electron chi connectivity index (χ2n) is 4.71. The van der Waals surface area contributed by atoms with Gasteiger partial charge in [-0.3, -0.25) is 0 Å². The Morgan fingerprint density at radius 1 is 0.545 bits per heavy atom. The number of hydrogen-bond acceptors (Lipinski definition) is 2. The van der Waals surface area contributed by atoms with E-state index >= 15 is 0 Å². The largest absolute Gasteiger partial charge is 0.0985 e. The van der Waals surface area contributed by atoms with Gasteiger partial charge in [-0.1, -0.05) is 90.8 Å². The van der Waals surface area contributed by atoms with Gasteiger partial charge in [-0.15, -0.1) is 0 Å². The lowest BCUT2D eigenvalue weighted by atomic mass is 10.2. The molecule has 3 aromatic carbocycles. The normalized spacial score (nSPS) is 11.5. The number of hydrogen-bond donors (Lipinski definition) is 0. The lowest BCUT2D eigenvalue weighted by Crippen LogP contribution is -1.87. The fourth-order valence-electron chi connectivity index (χ4n) is 2.06. The van der Waals surface area contributed by atoms with Crippen LogP contribution in [0.3, 0.4) is 0 Å². The van der Waals surface area contributed by atoms with Gasteiger partial charge in [-0.25, -0.2) is 0 Å². The van der Waals surface area contributed by atoms with Gasteiger partial charge in [0, 0.05) is 19.6 Å². The molecule has 0 nitrogen and oxygen atoms in total. The molecule has 2 heteroatoms. The summed E-state index contributed by atoms with van der Waals surface area (Å²) in [5.41, 5.74) is 1.17. The predicted octanol–water partition coefficient (Wildman–Crippen LogP) is 6.63. The van der Waals surface area contributed by atoms with Gasteiger partial charge in [-0.05, 0) is 29.8 Å². The Hall–Kier alpha value is -1.90. The molecule has 108 valence electrons. The minimum absolute atomic E-state index is 1.17. The third-order valence-electron chi connectivity index (χ3n) is 3.17. The fourth-order valence-corrected chi connectivity index (χ4v) is 4.30. The average molecular weight is 320 g/mol. The molecule has 0 bridgehead atoms. The number of benzene rings is 3. The van der Waals surface area contributed by atoms with Crippen LogP contribution in [0.1, 0.15) is 5.56 Å². The van der Waals surface area contributed by atoms with Gasteiger partial charge in [0.05, 0.1) is 0 Å². The van der Waals surface area contributed by atoms with Crippen LogP contribution >= 0.6 is 23.5 Å². The predicted molar refractivity (Wildman–Crippen MR) is 97.7 cm³/mol. The van der Waals surface area contributed by atoms with Gasteiger partial charge >= 0.3 is 0 Å². The molecule has 0 atom stereocenters. The Balaban J connectivity index is 0.000000154. The second-order valence-corrected chi connectivity index (χ2v) is 6.88. The van der Waals surface area contributed by atoms with E-state index < -0.39 is 0 Å². The summed E-state index contributed by atoms with van der Waals surface area (Å²) >= 11 is 3.72. The van der Waals surface area contributed by atoms with E-state index in [0.717, 1.165) is 0 Å². The zero-order valence-electron chi connectivity index (χ0n) is 12.1. The first kappa shape index (κ1) is 15.0. The molecule has 0 N–H and O–H groups in total. The molecule has 0 saturated heterocycles. The van der Waals surface area contributed by atoms with E-state index in [9.17, 15) is 0 Å². The lowest BCUT2D eigenvalue weighted by Gasteiger charge is -2.17. The van der Waals surface area contributed by atoms with Crippen LogP contribution in [0, 0.1) is 0 Å². The van der Waals surface area contributed by atoms with E-state index in [0.29, 0.717) is 0 Å². The first-order chi connectivity index (χ1) is 10.9. The van der Waals surface area contributed by atoms with Crippen molar-refractivity contribution in [2.24, 2.45) is 0 Å². The van der Waals surface area contributed by atoms with Crippen LogP contribution in [0.4, 0.5) is 0 Å². The van der Waals surface area contributed by atoms with Crippen molar-refractivity contribution in [2.45, 2.75) is 19.6 Å². The molecule has 0 unspecified atom stereocenters. The van der Waals surface area contributed by atoms with Gasteiger partial charge in [0.1, 0.15) is 0 Å². The van der Waals surface area contributed by atoms with Gasteiger partial charge in [0.25, 0.3) is 0 Å². The molecule has 1 aliphatic heterocycles. The maximum Gasteiger partial charge on any atom is 0.0262 e. The van der Waals surface area contributed by atoms with Gasteiger partial charge in [-0.2, -0.15) is 0 Å². The third-order valence-corrected chi connectivity index (χ3v) is 5.74. The molecule has 1 heterocycles. The molecule has 4 rings (SSSR count). The van der Waals surface area contributed by atoms with Crippen LogP contribution in [0.15, 0.2) is 105 Å². The van der Waals surface area contributed by atoms with Crippen molar-refractivity contribution < 1.29 is 0 Å². The van der Waals surface area contributed by atoms with Crippen molar-refractivity contribution >= 4 is 29.6 Å². The van der Waals surface area contributed by atoms with E-state index in [1.54, 1.807) is 0 Å². The molecular weight excluding hydrogens is 304 g/mol. The van der Waals surface area contributed by atoms with Crippen molar-refractivity contribution in [3.8, 4) is 0 Å². The van der Waals surface area contributed by atoms with Crippen LogP contribution < -0.4 is 0 Å². The summed E-state index contributed by atoms with van der Waals surface area (Å²) in [5.74, 6) is 0. The smallest absolute Gasteiger partial charge is 0.0262 e. The molecule has 1 aliphatic rings. The third kappa shape index (κ3) is 3.65. The second kappa shape index (κ2) is 7.39. The average Bonchev–Trinajstić information content (AvgIpc) is 2.61. The quantitative estimate of drug-likeness (QED) is 0.386. The zero-order chi connectivity index (χ0) is 15.2. The highest BCUT2D eigenvalue weighted by molar-refractivity contribution is 8.05. The molecule has 0 aromatic heterocycles. The maximum absolute atomic E-state index is 3.63. The summed E-state index contributed by atoms with van der Waals surface area (Å²) in [5, 5.41) is 0. The van der Waals surface area contributed by atoms with E-state index in [2.05, 4.69) is 55.1 Å². The Kier molecular flexibility index (Phi) is 5.04. The SMILES string of the molecule is C=Cc1ccccc1.c1ccc2c(c1)Sc1ccccc1S2. The van der Waals surface area contributed by atoms with E-state index in [4.69, 9.17) is 0 Å². The lowest BCUT2D eigenvalue weighted by molar-refractivity contribution is 1.16. The molecule has 0 amide bonds. The highest BCUT2D eigenvalue weighted by atomic mass is 32.2. The Labute approximate surface area is 140 Å². The summed E-state index contributed by atoms with van der Waals surface area (Å²) in [7, 11) is 0. The Morgan fingerprint density at radius 3 is 1.23 bits per heavy atom. The van der Waals surface area contributed by atoms with Crippen LogP contribution in [-0.2, 0) is 0 Å². The number of rotatable bonds is 1. The summed E-state index contributed by atoms with van der Waals surface area (Å²) < 4.78 is 0. The summed E-state index contributed by atoms with van der Waals surface area (Å²) in [4.78, 5) is 5.49. The molecule has 0 radical (unpaired) electrons. The molecule has 22 heavy (non-hydrogen) atoms. The molecule has 0 aliphatic carbocycles. The first-order valence-electron chi connectivity index (χ1n) is 7.08. The Morgan fingerprint density at radius 2 is 0.909 bits per heavy atom. The molecule has 0 saturated carbocycles. The topological polar surface area (TPSA) is 0 Å². The van der Waals surface area contributed by atoms with Crippen molar-refractivity contribution in [3.63, 3.8) is 0 Å². The van der Waals surface area contributed by atoms with Crippen LogP contribution in [0.2, 0.25) is 0 Å². The highest BCUT2D eigenvalue weighted by Crippen LogP contribution is 2.47. The first-order valence-corrected chi connectivity index (χ1v) is 8.71. The number of fused-ring (bicyclic) bond motifs is 2. The minimum atomic E-state index is 1.17. The summed E-state index contributed by atoms with van der Waals surface area (Å²) in [6.07, 6.45) is 1.83.